The van der Waals surface area contributed by atoms with Crippen LogP contribution in [-0.2, 0) is 10.2 Å². The summed E-state index contributed by atoms with van der Waals surface area (Å²) in [4.78, 5) is 2.21. The third-order valence-electron chi connectivity index (χ3n) is 4.76. The molecule has 3 N–H and O–H groups in total. The zero-order valence-electron chi connectivity index (χ0n) is 12.6. The van der Waals surface area contributed by atoms with Crippen molar-refractivity contribution in [3.05, 3.63) is 0 Å². The predicted octanol–water partition coefficient (Wildman–Crippen LogP) is -0.0242. The lowest BCUT2D eigenvalue weighted by Crippen LogP contribution is -2.61. The molecule has 0 spiro atoms. The molecule has 2 saturated heterocycles. The molecule has 0 bridgehead atoms. The van der Waals surface area contributed by atoms with Gasteiger partial charge in [-0.25, -0.2) is 0 Å². The smallest absolute Gasteiger partial charge is 0.279 e. The second-order valence-electron chi connectivity index (χ2n) is 6.48. The molecule has 0 saturated carbocycles. The first-order valence-corrected chi connectivity index (χ1v) is 8.98. The molecule has 2 aliphatic heterocycles. The van der Waals surface area contributed by atoms with Crippen molar-refractivity contribution in [3.63, 3.8) is 0 Å². The van der Waals surface area contributed by atoms with Crippen molar-refractivity contribution in [2.75, 3.05) is 39.8 Å². The van der Waals surface area contributed by atoms with Crippen LogP contribution >= 0.6 is 0 Å². The molecule has 0 aromatic carbocycles. The van der Waals surface area contributed by atoms with E-state index in [2.05, 4.69) is 23.6 Å². The topological polar surface area (TPSA) is 78.7 Å². The lowest BCUT2D eigenvalue weighted by Gasteiger charge is -2.41. The van der Waals surface area contributed by atoms with Gasteiger partial charge in [-0.3, -0.25) is 0 Å². The molecule has 2 heterocycles. The van der Waals surface area contributed by atoms with E-state index in [1.54, 1.807) is 4.31 Å². The van der Waals surface area contributed by atoms with Gasteiger partial charge in [0.05, 0.1) is 0 Å². The second-order valence-corrected chi connectivity index (χ2v) is 8.15. The normalized spacial score (nSPS) is 26.8. The van der Waals surface area contributed by atoms with Gasteiger partial charge in [-0.15, -0.1) is 0 Å². The van der Waals surface area contributed by atoms with Gasteiger partial charge in [0, 0.05) is 25.2 Å². The Morgan fingerprint density at radius 1 is 1.20 bits per heavy atom. The van der Waals surface area contributed by atoms with Crippen molar-refractivity contribution >= 4 is 10.2 Å². The van der Waals surface area contributed by atoms with Crippen LogP contribution in [0.3, 0.4) is 0 Å². The van der Waals surface area contributed by atoms with E-state index in [0.29, 0.717) is 25.6 Å². The van der Waals surface area contributed by atoms with Crippen molar-refractivity contribution in [1.82, 2.24) is 13.9 Å². The maximum absolute atomic E-state index is 12.6. The Hall–Kier alpha value is -0.210. The van der Waals surface area contributed by atoms with Crippen LogP contribution in [-0.4, -0.2) is 62.9 Å². The largest absolute Gasteiger partial charge is 0.329 e. The van der Waals surface area contributed by atoms with Crippen molar-refractivity contribution in [3.8, 4) is 0 Å². The summed E-state index contributed by atoms with van der Waals surface area (Å²) in [5.41, 5.74) is 5.41. The SMILES string of the molecule is CC1CCN(S(=O)(=O)NC2(CN)CCN(C)CC2)CC1. The number of nitrogens with one attached hydrogen (secondary N) is 1. The molecule has 2 aliphatic rings. The standard InChI is InChI=1S/C13H28N4O2S/c1-12-3-7-17(8-4-12)20(18,19)15-13(11-14)5-9-16(2)10-6-13/h12,15H,3-11,14H2,1-2H3. The van der Waals surface area contributed by atoms with E-state index in [-0.39, 0.29) is 0 Å². The Bertz CT molecular complexity index is 410. The van der Waals surface area contributed by atoms with Crippen molar-refractivity contribution in [1.29, 1.82) is 0 Å². The van der Waals surface area contributed by atoms with Gasteiger partial charge in [-0.2, -0.15) is 17.4 Å². The Labute approximate surface area is 122 Å². The van der Waals surface area contributed by atoms with Crippen LogP contribution in [0, 0.1) is 5.92 Å². The zero-order chi connectivity index (χ0) is 14.8. The molecule has 7 heteroatoms. The van der Waals surface area contributed by atoms with Gasteiger partial charge in [0.2, 0.25) is 0 Å². The highest BCUT2D eigenvalue weighted by atomic mass is 32.2. The number of nitrogens with zero attached hydrogens (tertiary/aromatic N) is 2. The van der Waals surface area contributed by atoms with Crippen LogP contribution in [0.25, 0.3) is 0 Å². The maximum atomic E-state index is 12.6. The van der Waals surface area contributed by atoms with Crippen LogP contribution in [0.4, 0.5) is 0 Å². The van der Waals surface area contributed by atoms with Crippen LogP contribution in [0.5, 0.6) is 0 Å². The molecule has 20 heavy (non-hydrogen) atoms. The van der Waals surface area contributed by atoms with Gasteiger partial charge in [0.1, 0.15) is 0 Å². The van der Waals surface area contributed by atoms with Gasteiger partial charge < -0.3 is 10.6 Å². The third-order valence-corrected chi connectivity index (χ3v) is 6.50. The molecule has 0 aliphatic carbocycles. The summed E-state index contributed by atoms with van der Waals surface area (Å²) in [5.74, 6) is 0.619. The average molecular weight is 304 g/mol. The molecule has 0 aromatic rings. The number of piperidine rings is 2. The quantitative estimate of drug-likeness (QED) is 0.765. The Kier molecular flexibility index (Phi) is 5.07. The highest BCUT2D eigenvalue weighted by Gasteiger charge is 2.38. The maximum Gasteiger partial charge on any atom is 0.279 e. The molecule has 0 aromatic heterocycles. The Morgan fingerprint density at radius 3 is 2.25 bits per heavy atom. The highest BCUT2D eigenvalue weighted by Crippen LogP contribution is 2.24. The fourth-order valence-electron chi connectivity index (χ4n) is 2.96. The lowest BCUT2D eigenvalue weighted by molar-refractivity contribution is 0.177. The van der Waals surface area contributed by atoms with E-state index in [9.17, 15) is 8.42 Å². The number of hydrogen-bond donors (Lipinski definition) is 2. The minimum atomic E-state index is -3.41. The second kappa shape index (κ2) is 6.27. The number of likely N-dealkylation sites (tertiary alicyclic amines) is 1. The zero-order valence-corrected chi connectivity index (χ0v) is 13.5. The van der Waals surface area contributed by atoms with Gasteiger partial charge in [0.15, 0.2) is 0 Å². The molecule has 118 valence electrons. The molecule has 2 fully saturated rings. The van der Waals surface area contributed by atoms with Crippen LogP contribution < -0.4 is 10.5 Å². The van der Waals surface area contributed by atoms with E-state index in [4.69, 9.17) is 5.73 Å². The minimum Gasteiger partial charge on any atom is -0.329 e. The molecule has 2 rings (SSSR count). The number of hydrogen-bond acceptors (Lipinski definition) is 4. The van der Waals surface area contributed by atoms with Crippen molar-refractivity contribution in [2.45, 2.75) is 38.1 Å². The Morgan fingerprint density at radius 2 is 1.75 bits per heavy atom. The highest BCUT2D eigenvalue weighted by molar-refractivity contribution is 7.87. The number of rotatable bonds is 4. The summed E-state index contributed by atoms with van der Waals surface area (Å²) >= 11 is 0. The number of nitrogens with two attached hydrogens (primary N) is 1. The minimum absolute atomic E-state index is 0.365. The van der Waals surface area contributed by atoms with E-state index in [1.165, 1.54) is 0 Å². The summed E-state index contributed by atoms with van der Waals surface area (Å²) in [6.07, 6.45) is 3.45. The molecular weight excluding hydrogens is 276 g/mol. The first kappa shape index (κ1) is 16.2. The van der Waals surface area contributed by atoms with E-state index < -0.39 is 15.7 Å². The summed E-state index contributed by atoms with van der Waals surface area (Å²) < 4.78 is 29.6. The lowest BCUT2D eigenvalue weighted by atomic mass is 9.89. The fourth-order valence-corrected chi connectivity index (χ4v) is 4.61. The van der Waals surface area contributed by atoms with Crippen LogP contribution in [0.2, 0.25) is 0 Å². The van der Waals surface area contributed by atoms with Gasteiger partial charge >= 0.3 is 0 Å². The van der Waals surface area contributed by atoms with Crippen molar-refractivity contribution in [2.24, 2.45) is 11.7 Å². The molecule has 0 radical (unpaired) electrons. The molecule has 0 atom stereocenters. The van der Waals surface area contributed by atoms with Gasteiger partial charge in [-0.05, 0) is 51.7 Å². The van der Waals surface area contributed by atoms with Crippen LogP contribution in [0.1, 0.15) is 32.6 Å². The fraction of sp³-hybridized carbons (Fsp3) is 1.00. The average Bonchev–Trinajstić information content (AvgIpc) is 2.42. The summed E-state index contributed by atoms with van der Waals surface area (Å²) in [5, 5.41) is 0. The van der Waals surface area contributed by atoms with Crippen LogP contribution in [0.15, 0.2) is 0 Å². The monoisotopic (exact) mass is 304 g/mol. The summed E-state index contributed by atoms with van der Waals surface area (Å²) in [7, 11) is -1.35. The molecule has 0 unspecified atom stereocenters. The van der Waals surface area contributed by atoms with Crippen molar-refractivity contribution < 1.29 is 8.42 Å². The van der Waals surface area contributed by atoms with E-state index in [0.717, 1.165) is 38.8 Å². The predicted molar refractivity (Wildman–Crippen MR) is 80.5 cm³/mol. The van der Waals surface area contributed by atoms with Gasteiger partial charge in [0.25, 0.3) is 10.2 Å². The first-order valence-electron chi connectivity index (χ1n) is 7.54. The summed E-state index contributed by atoms with van der Waals surface area (Å²) in [6.45, 7) is 5.56. The summed E-state index contributed by atoms with van der Waals surface area (Å²) in [6, 6.07) is 0. The molecule has 6 nitrogen and oxygen atoms in total. The van der Waals surface area contributed by atoms with Gasteiger partial charge in [-0.1, -0.05) is 6.92 Å². The third kappa shape index (κ3) is 3.71. The van der Waals surface area contributed by atoms with E-state index in [1.807, 2.05) is 0 Å². The van der Waals surface area contributed by atoms with E-state index >= 15 is 0 Å². The Balaban J connectivity index is 2.02. The first-order chi connectivity index (χ1) is 9.37. The molecule has 0 amide bonds. The molecular formula is C13H28N4O2S.